The molecule has 2 aromatic carbocycles. The number of aromatic carboxylic acids is 1. The van der Waals surface area contributed by atoms with Gasteiger partial charge in [-0.15, -0.1) is 11.3 Å². The van der Waals surface area contributed by atoms with Gasteiger partial charge in [0.15, 0.2) is 23.0 Å². The molecule has 10 nitrogen and oxygen atoms in total. The van der Waals surface area contributed by atoms with Crippen LogP contribution >= 0.6 is 27.3 Å². The second kappa shape index (κ2) is 12.8. The monoisotopic (exact) mass is 653 g/mol. The van der Waals surface area contributed by atoms with Crippen molar-refractivity contribution in [1.82, 2.24) is 5.16 Å². The molecular weight excluding hydrogens is 626 g/mol. The molecular formula is C30H28BrN3O7S. The first-order valence-electron chi connectivity index (χ1n) is 13.4. The Morgan fingerprint density at radius 3 is 2.48 bits per heavy atom. The summed E-state index contributed by atoms with van der Waals surface area (Å²) >= 11 is 4.39. The zero-order valence-electron chi connectivity index (χ0n) is 22.6. The number of anilines is 2. The lowest BCUT2D eigenvalue weighted by Gasteiger charge is -2.34. The third kappa shape index (κ3) is 6.19. The molecule has 0 atom stereocenters. The second-order valence-corrected chi connectivity index (χ2v) is 11.7. The van der Waals surface area contributed by atoms with Gasteiger partial charge in [0.25, 0.3) is 0 Å². The zero-order valence-corrected chi connectivity index (χ0v) is 25.0. The predicted molar refractivity (Wildman–Crippen MR) is 163 cm³/mol. The van der Waals surface area contributed by atoms with Crippen LogP contribution in [0, 0.1) is 6.92 Å². The number of benzene rings is 2. The van der Waals surface area contributed by atoms with Gasteiger partial charge in [0.05, 0.1) is 9.35 Å². The molecule has 0 saturated heterocycles. The van der Waals surface area contributed by atoms with Gasteiger partial charge in [0, 0.05) is 17.3 Å². The Morgan fingerprint density at radius 1 is 1.07 bits per heavy atom. The van der Waals surface area contributed by atoms with E-state index in [0.29, 0.717) is 37.7 Å². The van der Waals surface area contributed by atoms with Crippen LogP contribution in [0.2, 0.25) is 0 Å². The number of ether oxygens (including phenoxy) is 1. The number of hydrogen-bond acceptors (Lipinski definition) is 7. The number of urea groups is 1. The van der Waals surface area contributed by atoms with Crippen LogP contribution in [0.5, 0.6) is 5.75 Å². The molecule has 0 spiro atoms. The van der Waals surface area contributed by atoms with E-state index in [4.69, 9.17) is 14.4 Å². The molecule has 1 aliphatic rings. The van der Waals surface area contributed by atoms with Gasteiger partial charge in [0.2, 0.25) is 0 Å². The first-order chi connectivity index (χ1) is 20.2. The highest BCUT2D eigenvalue weighted by Crippen LogP contribution is 2.46. The van der Waals surface area contributed by atoms with Gasteiger partial charge >= 0.3 is 18.0 Å². The van der Waals surface area contributed by atoms with Crippen molar-refractivity contribution in [3.63, 3.8) is 0 Å². The Labute approximate surface area is 254 Å². The van der Waals surface area contributed by atoms with Gasteiger partial charge in [-0.05, 0) is 53.4 Å². The molecule has 42 heavy (non-hydrogen) atoms. The quantitative estimate of drug-likeness (QED) is 0.167. The molecule has 4 aromatic rings. The molecule has 1 aliphatic carbocycles. The molecule has 2 heterocycles. The standard InChI is InChI=1S/C30H28BrN3O7S/c1-17-24(25(41-33-17)18-9-4-2-5-10-18)32-30(39)34(20-12-6-3-7-13-20)21-14-8-11-19(15-21)27-23(31)26(40-16-22(35)36)28(42-27)29(37)38/h2,4-5,8-11,14-15,20H,3,6-7,12-13,16H2,1H3,(H,32,39)(H,35,36)(H,37,38). The van der Waals surface area contributed by atoms with Crippen LogP contribution in [0.3, 0.4) is 0 Å². The summed E-state index contributed by atoms with van der Waals surface area (Å²) < 4.78 is 11.2. The largest absolute Gasteiger partial charge is 0.479 e. The average Bonchev–Trinajstić information content (AvgIpc) is 3.52. The number of nitrogens with zero attached hydrogens (tertiary/aromatic N) is 2. The van der Waals surface area contributed by atoms with Gasteiger partial charge in [-0.2, -0.15) is 0 Å². The molecule has 0 aliphatic heterocycles. The van der Waals surface area contributed by atoms with Crippen molar-refractivity contribution in [3.05, 3.63) is 69.6 Å². The fourth-order valence-electron chi connectivity index (χ4n) is 5.09. The minimum atomic E-state index is -1.23. The first kappa shape index (κ1) is 29.3. The summed E-state index contributed by atoms with van der Waals surface area (Å²) in [5.74, 6) is -2.03. The highest BCUT2D eigenvalue weighted by molar-refractivity contribution is 9.10. The summed E-state index contributed by atoms with van der Waals surface area (Å²) in [6.07, 6.45) is 4.78. The molecule has 12 heteroatoms. The Balaban J connectivity index is 1.52. The number of aliphatic carboxylic acids is 1. The number of thiophene rings is 1. The van der Waals surface area contributed by atoms with Crippen molar-refractivity contribution >= 4 is 56.6 Å². The van der Waals surface area contributed by atoms with Gasteiger partial charge in [-0.25, -0.2) is 14.4 Å². The maximum atomic E-state index is 14.0. The third-order valence-electron chi connectivity index (χ3n) is 7.02. The molecule has 5 rings (SSSR count). The Morgan fingerprint density at radius 2 is 1.79 bits per heavy atom. The number of carboxylic acids is 2. The van der Waals surface area contributed by atoms with E-state index in [1.165, 1.54) is 0 Å². The van der Waals surface area contributed by atoms with Gasteiger partial charge < -0.3 is 24.8 Å². The summed E-state index contributed by atoms with van der Waals surface area (Å²) in [4.78, 5) is 39.2. The lowest BCUT2D eigenvalue weighted by molar-refractivity contribution is -0.139. The molecule has 218 valence electrons. The lowest BCUT2D eigenvalue weighted by atomic mass is 9.93. The highest BCUT2D eigenvalue weighted by Gasteiger charge is 2.30. The van der Waals surface area contributed by atoms with Crippen LogP contribution in [-0.4, -0.2) is 46.0 Å². The predicted octanol–water partition coefficient (Wildman–Crippen LogP) is 7.67. The molecule has 2 amide bonds. The molecule has 1 fully saturated rings. The number of aromatic nitrogens is 1. The number of nitrogens with one attached hydrogen (secondary N) is 1. The second-order valence-electron chi connectivity index (χ2n) is 9.87. The number of aryl methyl sites for hydroxylation is 1. The fraction of sp³-hybridized carbons (Fsp3) is 0.267. The van der Waals surface area contributed by atoms with Crippen LogP contribution in [0.1, 0.15) is 47.5 Å². The average molecular weight is 655 g/mol. The van der Waals surface area contributed by atoms with Crippen molar-refractivity contribution in [3.8, 4) is 27.5 Å². The van der Waals surface area contributed by atoms with E-state index in [-0.39, 0.29) is 22.7 Å². The summed E-state index contributed by atoms with van der Waals surface area (Å²) in [6.45, 7) is 1.09. The molecule has 0 unspecified atom stereocenters. The van der Waals surface area contributed by atoms with E-state index in [2.05, 4.69) is 26.4 Å². The minimum Gasteiger partial charge on any atom is -0.479 e. The topological polar surface area (TPSA) is 142 Å². The number of carbonyl (C=O) groups is 3. The van der Waals surface area contributed by atoms with Crippen LogP contribution in [0.15, 0.2) is 63.6 Å². The van der Waals surface area contributed by atoms with Crippen LogP contribution in [0.25, 0.3) is 21.8 Å². The van der Waals surface area contributed by atoms with Crippen molar-refractivity contribution in [2.75, 3.05) is 16.8 Å². The molecule has 3 N–H and O–H groups in total. The molecule has 2 aromatic heterocycles. The number of carbonyl (C=O) groups excluding carboxylic acids is 1. The maximum Gasteiger partial charge on any atom is 0.349 e. The van der Waals surface area contributed by atoms with E-state index >= 15 is 0 Å². The van der Waals surface area contributed by atoms with Crippen molar-refractivity contribution in [1.29, 1.82) is 0 Å². The Kier molecular flexibility index (Phi) is 8.93. The zero-order chi connectivity index (χ0) is 29.8. The first-order valence-corrected chi connectivity index (χ1v) is 15.0. The van der Waals surface area contributed by atoms with E-state index in [0.717, 1.165) is 49.0 Å². The van der Waals surface area contributed by atoms with E-state index in [9.17, 15) is 19.5 Å². The van der Waals surface area contributed by atoms with Gasteiger partial charge in [-0.3, -0.25) is 4.90 Å². The summed E-state index contributed by atoms with van der Waals surface area (Å²) in [6, 6.07) is 16.3. The van der Waals surface area contributed by atoms with Crippen LogP contribution < -0.4 is 15.0 Å². The van der Waals surface area contributed by atoms with Gasteiger partial charge in [0.1, 0.15) is 11.4 Å². The number of halogens is 1. The fourth-order valence-corrected chi connectivity index (χ4v) is 6.97. The summed E-state index contributed by atoms with van der Waals surface area (Å²) in [5, 5.41) is 25.9. The number of hydrogen-bond donors (Lipinski definition) is 3. The number of amides is 2. The minimum absolute atomic E-state index is 0.0476. The van der Waals surface area contributed by atoms with Crippen LogP contribution in [-0.2, 0) is 4.79 Å². The molecule has 0 bridgehead atoms. The van der Waals surface area contributed by atoms with Crippen molar-refractivity contribution < 1.29 is 33.9 Å². The van der Waals surface area contributed by atoms with E-state index in [1.807, 2.05) is 42.5 Å². The number of carboxylic acid groups (broad SMARTS) is 2. The van der Waals surface area contributed by atoms with E-state index < -0.39 is 18.5 Å². The highest BCUT2D eigenvalue weighted by atomic mass is 79.9. The Hall–Kier alpha value is -4.16. The smallest absolute Gasteiger partial charge is 0.349 e. The van der Waals surface area contributed by atoms with Crippen molar-refractivity contribution in [2.45, 2.75) is 45.1 Å². The van der Waals surface area contributed by atoms with Crippen LogP contribution in [0.4, 0.5) is 16.2 Å². The Bertz CT molecular complexity index is 1610. The van der Waals surface area contributed by atoms with Gasteiger partial charge in [-0.1, -0.05) is 66.9 Å². The summed E-state index contributed by atoms with van der Waals surface area (Å²) in [7, 11) is 0. The molecule has 0 radical (unpaired) electrons. The number of rotatable bonds is 9. The normalized spacial score (nSPS) is 13.5. The third-order valence-corrected chi connectivity index (χ3v) is 9.25. The SMILES string of the molecule is Cc1noc(-c2ccccc2)c1NC(=O)N(c1cccc(-c2sc(C(=O)O)c(OCC(=O)O)c2Br)c1)C1CCCCC1. The van der Waals surface area contributed by atoms with E-state index in [1.54, 1.807) is 24.0 Å². The lowest BCUT2D eigenvalue weighted by Crippen LogP contribution is -2.44. The van der Waals surface area contributed by atoms with Crippen molar-refractivity contribution in [2.24, 2.45) is 0 Å². The molecule has 1 saturated carbocycles. The summed E-state index contributed by atoms with van der Waals surface area (Å²) in [5.41, 5.74) is 3.12. The maximum absolute atomic E-state index is 14.0.